The lowest BCUT2D eigenvalue weighted by molar-refractivity contribution is 0.102. The normalized spacial score (nSPS) is 11.2. The molecule has 0 unspecified atom stereocenters. The van der Waals surface area contributed by atoms with Crippen molar-refractivity contribution in [3.8, 4) is 0 Å². The Labute approximate surface area is 179 Å². The summed E-state index contributed by atoms with van der Waals surface area (Å²) in [4.78, 5) is 12.7. The zero-order valence-corrected chi connectivity index (χ0v) is 17.2. The molecule has 5 nitrogen and oxygen atoms in total. The highest BCUT2D eigenvalue weighted by Gasteiger charge is 2.20. The monoisotopic (exact) mass is 436 g/mol. The standard InChI is InChI=1S/C23H17ClN2O3S/c24-20-14-13-17(15-22(20)30(28,29)26-18-9-2-1-3-10-18)23(27)25-21-12-6-8-16-7-4-5-11-19(16)21/h1-15,26H,(H,25,27). The van der Waals surface area contributed by atoms with Gasteiger partial charge in [-0.2, -0.15) is 0 Å². The number of amides is 1. The fourth-order valence-electron chi connectivity index (χ4n) is 3.10. The van der Waals surface area contributed by atoms with Gasteiger partial charge in [0.05, 0.1) is 5.02 Å². The van der Waals surface area contributed by atoms with Gasteiger partial charge in [0.15, 0.2) is 0 Å². The Morgan fingerprint density at radius 2 is 1.50 bits per heavy atom. The number of nitrogens with one attached hydrogen (secondary N) is 2. The van der Waals surface area contributed by atoms with Crippen molar-refractivity contribution in [2.24, 2.45) is 0 Å². The molecule has 0 saturated carbocycles. The fourth-order valence-corrected chi connectivity index (χ4v) is 4.68. The van der Waals surface area contributed by atoms with Gasteiger partial charge in [-0.15, -0.1) is 0 Å². The first-order valence-electron chi connectivity index (χ1n) is 9.10. The molecule has 0 aliphatic carbocycles. The lowest BCUT2D eigenvalue weighted by Crippen LogP contribution is -2.16. The molecular weight excluding hydrogens is 420 g/mol. The third-order valence-electron chi connectivity index (χ3n) is 4.55. The van der Waals surface area contributed by atoms with Crippen molar-refractivity contribution in [2.45, 2.75) is 4.90 Å². The molecule has 0 aliphatic rings. The van der Waals surface area contributed by atoms with Crippen molar-refractivity contribution in [3.05, 3.63) is 102 Å². The predicted molar refractivity (Wildman–Crippen MR) is 121 cm³/mol. The molecule has 150 valence electrons. The number of anilines is 2. The van der Waals surface area contributed by atoms with Gasteiger partial charge < -0.3 is 5.32 Å². The number of hydrogen-bond donors (Lipinski definition) is 2. The van der Waals surface area contributed by atoms with Gasteiger partial charge in [-0.1, -0.05) is 66.2 Å². The number of hydrogen-bond acceptors (Lipinski definition) is 3. The smallest absolute Gasteiger partial charge is 0.263 e. The van der Waals surface area contributed by atoms with Gasteiger partial charge >= 0.3 is 0 Å². The molecule has 0 saturated heterocycles. The van der Waals surface area contributed by atoms with Crippen LogP contribution < -0.4 is 10.0 Å². The van der Waals surface area contributed by atoms with Crippen LogP contribution in [0.5, 0.6) is 0 Å². The summed E-state index contributed by atoms with van der Waals surface area (Å²) in [7, 11) is -3.97. The van der Waals surface area contributed by atoms with E-state index in [2.05, 4.69) is 10.0 Å². The van der Waals surface area contributed by atoms with E-state index in [1.54, 1.807) is 36.4 Å². The maximum atomic E-state index is 12.8. The summed E-state index contributed by atoms with van der Waals surface area (Å²) in [5.74, 6) is -0.431. The largest absolute Gasteiger partial charge is 0.321 e. The van der Waals surface area contributed by atoms with Gasteiger partial charge in [0.25, 0.3) is 15.9 Å². The Hall–Kier alpha value is -3.35. The minimum absolute atomic E-state index is 0.0279. The lowest BCUT2D eigenvalue weighted by Gasteiger charge is -2.12. The van der Waals surface area contributed by atoms with Crippen LogP contribution in [0.25, 0.3) is 10.8 Å². The van der Waals surface area contributed by atoms with Crippen LogP contribution in [0.3, 0.4) is 0 Å². The third kappa shape index (κ3) is 4.15. The van der Waals surface area contributed by atoms with E-state index in [0.717, 1.165) is 10.8 Å². The number of benzene rings is 4. The van der Waals surface area contributed by atoms with E-state index in [-0.39, 0.29) is 15.5 Å². The van der Waals surface area contributed by atoms with Crippen molar-refractivity contribution >= 4 is 49.7 Å². The first-order chi connectivity index (χ1) is 14.4. The maximum Gasteiger partial charge on any atom is 0.263 e. The highest BCUT2D eigenvalue weighted by molar-refractivity contribution is 7.92. The van der Waals surface area contributed by atoms with Crippen molar-refractivity contribution in [3.63, 3.8) is 0 Å². The molecule has 1 amide bonds. The summed E-state index contributed by atoms with van der Waals surface area (Å²) in [6, 6.07) is 25.9. The average molecular weight is 437 g/mol. The van der Waals surface area contributed by atoms with E-state index in [1.165, 1.54) is 18.2 Å². The van der Waals surface area contributed by atoms with Crippen LogP contribution >= 0.6 is 11.6 Å². The van der Waals surface area contributed by atoms with E-state index >= 15 is 0 Å². The summed E-state index contributed by atoms with van der Waals surface area (Å²) in [5.41, 5.74) is 1.22. The number of fused-ring (bicyclic) bond motifs is 1. The Kier molecular flexibility index (Phi) is 5.44. The molecule has 7 heteroatoms. The van der Waals surface area contributed by atoms with Crippen molar-refractivity contribution < 1.29 is 13.2 Å². The van der Waals surface area contributed by atoms with Crippen LogP contribution in [0.2, 0.25) is 5.02 Å². The number of sulfonamides is 1. The van der Waals surface area contributed by atoms with Crippen LogP contribution in [0, 0.1) is 0 Å². The third-order valence-corrected chi connectivity index (χ3v) is 6.41. The summed E-state index contributed by atoms with van der Waals surface area (Å²) >= 11 is 6.14. The Bertz CT molecular complexity index is 1330. The summed E-state index contributed by atoms with van der Waals surface area (Å²) < 4.78 is 28.1. The number of carbonyl (C=O) groups is 1. The Morgan fingerprint density at radius 1 is 0.800 bits per heavy atom. The lowest BCUT2D eigenvalue weighted by atomic mass is 10.1. The molecule has 4 aromatic rings. The first kappa shape index (κ1) is 19.9. The van der Waals surface area contributed by atoms with E-state index in [0.29, 0.717) is 11.4 Å². The number of halogens is 1. The molecule has 2 N–H and O–H groups in total. The van der Waals surface area contributed by atoms with Gasteiger partial charge in [0.1, 0.15) is 4.90 Å². The van der Waals surface area contributed by atoms with Gasteiger partial charge in [0.2, 0.25) is 0 Å². The molecule has 30 heavy (non-hydrogen) atoms. The zero-order chi connectivity index (χ0) is 21.1. The van der Waals surface area contributed by atoms with Crippen molar-refractivity contribution in [1.29, 1.82) is 0 Å². The summed E-state index contributed by atoms with van der Waals surface area (Å²) in [5, 5.41) is 4.76. The Morgan fingerprint density at radius 3 is 2.30 bits per heavy atom. The van der Waals surface area contributed by atoms with Crippen molar-refractivity contribution in [2.75, 3.05) is 10.0 Å². The molecule has 0 bridgehead atoms. The summed E-state index contributed by atoms with van der Waals surface area (Å²) in [6.45, 7) is 0. The van der Waals surface area contributed by atoms with Crippen LogP contribution in [0.1, 0.15) is 10.4 Å². The van der Waals surface area contributed by atoms with Crippen LogP contribution in [-0.4, -0.2) is 14.3 Å². The van der Waals surface area contributed by atoms with Crippen LogP contribution in [-0.2, 0) is 10.0 Å². The molecule has 0 atom stereocenters. The molecule has 4 rings (SSSR count). The number of carbonyl (C=O) groups excluding carboxylic acids is 1. The highest BCUT2D eigenvalue weighted by Crippen LogP contribution is 2.27. The van der Waals surface area contributed by atoms with Crippen LogP contribution in [0.15, 0.2) is 95.9 Å². The molecule has 0 spiro atoms. The van der Waals surface area contributed by atoms with E-state index in [1.807, 2.05) is 36.4 Å². The quantitative estimate of drug-likeness (QED) is 0.431. The second-order valence-electron chi connectivity index (χ2n) is 6.60. The fraction of sp³-hybridized carbons (Fsp3) is 0. The summed E-state index contributed by atoms with van der Waals surface area (Å²) in [6.07, 6.45) is 0. The number of rotatable bonds is 5. The Balaban J connectivity index is 1.65. The number of para-hydroxylation sites is 1. The van der Waals surface area contributed by atoms with E-state index in [9.17, 15) is 13.2 Å². The van der Waals surface area contributed by atoms with Gasteiger partial charge in [-0.05, 0) is 41.8 Å². The van der Waals surface area contributed by atoms with Gasteiger partial charge in [-0.3, -0.25) is 9.52 Å². The van der Waals surface area contributed by atoms with Gasteiger partial charge in [0, 0.05) is 22.3 Å². The first-order valence-corrected chi connectivity index (χ1v) is 11.0. The maximum absolute atomic E-state index is 12.8. The van der Waals surface area contributed by atoms with E-state index in [4.69, 9.17) is 11.6 Å². The average Bonchev–Trinajstić information content (AvgIpc) is 2.74. The minimum Gasteiger partial charge on any atom is -0.321 e. The zero-order valence-electron chi connectivity index (χ0n) is 15.7. The molecule has 0 radical (unpaired) electrons. The topological polar surface area (TPSA) is 75.3 Å². The highest BCUT2D eigenvalue weighted by atomic mass is 35.5. The molecular formula is C23H17ClN2O3S. The second kappa shape index (κ2) is 8.18. The molecule has 0 aromatic heterocycles. The minimum atomic E-state index is -3.97. The van der Waals surface area contributed by atoms with Crippen molar-refractivity contribution in [1.82, 2.24) is 0 Å². The molecule has 0 aliphatic heterocycles. The van der Waals surface area contributed by atoms with Crippen LogP contribution in [0.4, 0.5) is 11.4 Å². The molecule has 0 heterocycles. The molecule has 0 fully saturated rings. The SMILES string of the molecule is O=C(Nc1cccc2ccccc12)c1ccc(Cl)c(S(=O)(=O)Nc2ccccc2)c1. The predicted octanol–water partition coefficient (Wildman–Crippen LogP) is 5.55. The second-order valence-corrected chi connectivity index (χ2v) is 8.66. The van der Waals surface area contributed by atoms with E-state index < -0.39 is 15.9 Å². The van der Waals surface area contributed by atoms with Gasteiger partial charge in [-0.25, -0.2) is 8.42 Å². The molecule has 4 aromatic carbocycles.